The Labute approximate surface area is 102 Å². The van der Waals surface area contributed by atoms with Crippen LogP contribution in [-0.4, -0.2) is 22.8 Å². The molecule has 1 saturated heterocycles. The first-order valence-corrected chi connectivity index (χ1v) is 5.72. The highest BCUT2D eigenvalue weighted by atomic mass is 19.2. The molecule has 1 atom stereocenters. The Kier molecular flexibility index (Phi) is 2.31. The van der Waals surface area contributed by atoms with Crippen LogP contribution in [0.15, 0.2) is 12.1 Å². The Morgan fingerprint density at radius 1 is 1.39 bits per heavy atom. The van der Waals surface area contributed by atoms with Gasteiger partial charge >= 0.3 is 0 Å². The van der Waals surface area contributed by atoms with Crippen LogP contribution in [0.3, 0.4) is 0 Å². The molecule has 2 heterocycles. The van der Waals surface area contributed by atoms with Gasteiger partial charge in [-0.25, -0.2) is 13.8 Å². The Morgan fingerprint density at radius 3 is 2.78 bits per heavy atom. The number of aromatic nitrogens is 2. The van der Waals surface area contributed by atoms with Crippen molar-refractivity contribution >= 4 is 17.0 Å². The maximum atomic E-state index is 13.4. The molecule has 1 aromatic heterocycles. The molecule has 0 bridgehead atoms. The van der Waals surface area contributed by atoms with Crippen molar-refractivity contribution in [3.05, 3.63) is 23.8 Å². The lowest BCUT2D eigenvalue weighted by molar-refractivity contribution is 0.164. The topological polar surface area (TPSA) is 53.1 Å². The fraction of sp³-hybridized carbons (Fsp3) is 0.417. The zero-order valence-corrected chi connectivity index (χ0v) is 9.91. The molecule has 6 heteroatoms. The molecule has 1 aliphatic rings. The van der Waals surface area contributed by atoms with Crippen LogP contribution in [0.2, 0.25) is 0 Å². The molecule has 0 amide bonds. The Morgan fingerprint density at radius 2 is 2.11 bits per heavy atom. The van der Waals surface area contributed by atoms with Crippen molar-refractivity contribution in [1.29, 1.82) is 0 Å². The third-order valence-electron chi connectivity index (χ3n) is 3.46. The third-order valence-corrected chi connectivity index (χ3v) is 3.46. The van der Waals surface area contributed by atoms with E-state index in [1.807, 2.05) is 6.92 Å². The monoisotopic (exact) mass is 253 g/mol. The predicted molar refractivity (Wildman–Crippen MR) is 63.1 cm³/mol. The molecule has 0 aliphatic carbocycles. The van der Waals surface area contributed by atoms with E-state index in [1.165, 1.54) is 0 Å². The number of hydrogen-bond donors (Lipinski definition) is 1. The van der Waals surface area contributed by atoms with E-state index in [9.17, 15) is 8.78 Å². The fourth-order valence-corrected chi connectivity index (χ4v) is 2.49. The fourth-order valence-electron chi connectivity index (χ4n) is 2.49. The first-order chi connectivity index (χ1) is 8.51. The number of nitrogens with zero attached hydrogens (tertiary/aromatic N) is 2. The van der Waals surface area contributed by atoms with E-state index in [1.54, 1.807) is 4.57 Å². The summed E-state index contributed by atoms with van der Waals surface area (Å²) in [7, 11) is 0. The summed E-state index contributed by atoms with van der Waals surface area (Å²) < 4.78 is 33.6. The van der Waals surface area contributed by atoms with Crippen LogP contribution in [0.25, 0.3) is 11.0 Å². The van der Waals surface area contributed by atoms with Gasteiger partial charge in [0.25, 0.3) is 0 Å². The van der Waals surface area contributed by atoms with Gasteiger partial charge in [-0.3, -0.25) is 0 Å². The number of hydrogen-bond acceptors (Lipinski definition) is 3. The van der Waals surface area contributed by atoms with Crippen molar-refractivity contribution in [2.45, 2.75) is 18.9 Å². The van der Waals surface area contributed by atoms with E-state index < -0.39 is 11.6 Å². The zero-order valence-electron chi connectivity index (χ0n) is 9.91. The average molecular weight is 253 g/mol. The van der Waals surface area contributed by atoms with Gasteiger partial charge in [-0.15, -0.1) is 0 Å². The zero-order chi connectivity index (χ0) is 12.9. The lowest BCUT2D eigenvalue weighted by atomic mass is 10.0. The second kappa shape index (κ2) is 3.65. The van der Waals surface area contributed by atoms with Crippen LogP contribution in [0, 0.1) is 11.6 Å². The standard InChI is InChI=1S/C12H13F2N3O/c1-12(2-3-18-6-12)17-10-5-8(14)7(13)4-9(10)16-11(17)15/h4-5H,2-3,6H2,1H3,(H2,15,16). The first kappa shape index (κ1) is 11.4. The number of halogens is 2. The second-order valence-electron chi connectivity index (χ2n) is 4.86. The van der Waals surface area contributed by atoms with Crippen LogP contribution in [-0.2, 0) is 10.3 Å². The molecule has 0 spiro atoms. The molecule has 2 N–H and O–H groups in total. The highest BCUT2D eigenvalue weighted by Crippen LogP contribution is 2.33. The van der Waals surface area contributed by atoms with Crippen molar-refractivity contribution in [2.75, 3.05) is 18.9 Å². The molecule has 18 heavy (non-hydrogen) atoms. The number of ether oxygens (including phenoxy) is 1. The maximum absolute atomic E-state index is 13.4. The first-order valence-electron chi connectivity index (χ1n) is 5.72. The molecule has 1 aliphatic heterocycles. The van der Waals surface area contributed by atoms with Crippen LogP contribution < -0.4 is 5.73 Å². The predicted octanol–water partition coefficient (Wildman–Crippen LogP) is 2.03. The molecule has 0 saturated carbocycles. The summed E-state index contributed by atoms with van der Waals surface area (Å²) in [6, 6.07) is 2.20. The van der Waals surface area contributed by atoms with Gasteiger partial charge in [-0.1, -0.05) is 0 Å². The van der Waals surface area contributed by atoms with Crippen molar-refractivity contribution in [3.63, 3.8) is 0 Å². The van der Waals surface area contributed by atoms with E-state index in [2.05, 4.69) is 4.98 Å². The second-order valence-corrected chi connectivity index (χ2v) is 4.86. The minimum atomic E-state index is -0.917. The minimum Gasteiger partial charge on any atom is -0.379 e. The van der Waals surface area contributed by atoms with E-state index in [0.717, 1.165) is 18.6 Å². The third kappa shape index (κ3) is 1.49. The Hall–Kier alpha value is -1.69. The SMILES string of the molecule is CC1(n2c(N)nc3cc(F)c(F)cc32)CCOC1. The van der Waals surface area contributed by atoms with Gasteiger partial charge in [-0.05, 0) is 13.3 Å². The summed E-state index contributed by atoms with van der Waals surface area (Å²) in [6.07, 6.45) is 0.766. The van der Waals surface area contributed by atoms with Crippen LogP contribution in [0.1, 0.15) is 13.3 Å². The van der Waals surface area contributed by atoms with Gasteiger partial charge < -0.3 is 15.0 Å². The Bertz CT molecular complexity index is 617. The molecule has 2 aromatic rings. The van der Waals surface area contributed by atoms with Crippen LogP contribution in [0.5, 0.6) is 0 Å². The minimum absolute atomic E-state index is 0.253. The van der Waals surface area contributed by atoms with Crippen LogP contribution >= 0.6 is 0 Å². The summed E-state index contributed by atoms with van der Waals surface area (Å²) in [5.74, 6) is -1.56. The van der Waals surface area contributed by atoms with Gasteiger partial charge in [0.1, 0.15) is 0 Å². The summed E-state index contributed by atoms with van der Waals surface area (Å²) >= 11 is 0. The summed E-state index contributed by atoms with van der Waals surface area (Å²) in [6.45, 7) is 3.08. The smallest absolute Gasteiger partial charge is 0.201 e. The lowest BCUT2D eigenvalue weighted by Gasteiger charge is -2.25. The van der Waals surface area contributed by atoms with E-state index >= 15 is 0 Å². The van der Waals surface area contributed by atoms with Crippen LogP contribution in [0.4, 0.5) is 14.7 Å². The molecule has 3 rings (SSSR count). The molecule has 4 nitrogen and oxygen atoms in total. The van der Waals surface area contributed by atoms with Crippen molar-refractivity contribution < 1.29 is 13.5 Å². The van der Waals surface area contributed by atoms with Crippen molar-refractivity contribution in [3.8, 4) is 0 Å². The number of benzene rings is 1. The van der Waals surface area contributed by atoms with Gasteiger partial charge in [0.2, 0.25) is 5.95 Å². The van der Waals surface area contributed by atoms with E-state index in [-0.39, 0.29) is 11.5 Å². The average Bonchev–Trinajstić information content (AvgIpc) is 2.84. The molecule has 1 fully saturated rings. The largest absolute Gasteiger partial charge is 0.379 e. The van der Waals surface area contributed by atoms with Gasteiger partial charge in [0, 0.05) is 18.7 Å². The molecule has 1 aromatic carbocycles. The molecule has 0 radical (unpaired) electrons. The molecular formula is C12H13F2N3O. The van der Waals surface area contributed by atoms with E-state index in [0.29, 0.717) is 24.2 Å². The quantitative estimate of drug-likeness (QED) is 0.846. The van der Waals surface area contributed by atoms with E-state index in [4.69, 9.17) is 10.5 Å². The normalized spacial score (nSPS) is 23.9. The van der Waals surface area contributed by atoms with Gasteiger partial charge in [0.05, 0.1) is 23.2 Å². The van der Waals surface area contributed by atoms with Crippen molar-refractivity contribution in [1.82, 2.24) is 9.55 Å². The summed E-state index contributed by atoms with van der Waals surface area (Å²) in [5.41, 5.74) is 6.37. The number of nitrogen functional groups attached to an aromatic ring is 1. The molecular weight excluding hydrogens is 240 g/mol. The molecule has 1 unspecified atom stereocenters. The van der Waals surface area contributed by atoms with Gasteiger partial charge in [0.15, 0.2) is 11.6 Å². The summed E-state index contributed by atoms with van der Waals surface area (Å²) in [5, 5.41) is 0. The lowest BCUT2D eigenvalue weighted by Crippen LogP contribution is -2.31. The number of imidazole rings is 1. The number of fused-ring (bicyclic) bond motifs is 1. The highest BCUT2D eigenvalue weighted by Gasteiger charge is 2.34. The maximum Gasteiger partial charge on any atom is 0.201 e. The van der Waals surface area contributed by atoms with Crippen molar-refractivity contribution in [2.24, 2.45) is 0 Å². The summed E-state index contributed by atoms with van der Waals surface area (Å²) in [4.78, 5) is 4.08. The Balaban J connectivity index is 2.28. The number of nitrogens with two attached hydrogens (primary N) is 1. The van der Waals surface area contributed by atoms with Gasteiger partial charge in [-0.2, -0.15) is 0 Å². The molecule has 96 valence electrons. The number of rotatable bonds is 1. The highest BCUT2D eigenvalue weighted by molar-refractivity contribution is 5.79. The number of anilines is 1.